The third-order valence-electron chi connectivity index (χ3n) is 5.91. The minimum atomic E-state index is -0.662. The van der Waals surface area contributed by atoms with Crippen LogP contribution < -0.4 is 9.47 Å². The van der Waals surface area contributed by atoms with E-state index in [9.17, 15) is 5.11 Å². The molecule has 0 aliphatic rings. The molecule has 1 heterocycles. The maximum absolute atomic E-state index is 10.6. The van der Waals surface area contributed by atoms with Gasteiger partial charge in [0.05, 0.1) is 36.8 Å². The van der Waals surface area contributed by atoms with Gasteiger partial charge in [0, 0.05) is 25.2 Å². The van der Waals surface area contributed by atoms with Crippen molar-refractivity contribution < 1.29 is 19.3 Å². The molecular weight excluding hydrogens is 442 g/mol. The maximum atomic E-state index is 10.6. The standard InChI is InChI=1S/C28H35N3O4/c1-6-16-34-20-24(32)18-30(21(3)7-2)19-27-22(4)29-31(23-12-9-8-10-13-23)28(27)35-26-15-11-14-25(17-26)33-5/h1,8-15,17,21,24,32H,7,16,18-20H2,2-5H3/t21-,24-/m1/s1. The molecule has 0 spiro atoms. The Labute approximate surface area is 208 Å². The summed E-state index contributed by atoms with van der Waals surface area (Å²) in [4.78, 5) is 2.22. The van der Waals surface area contributed by atoms with Gasteiger partial charge in [-0.2, -0.15) is 5.10 Å². The van der Waals surface area contributed by atoms with Crippen LogP contribution in [0.5, 0.6) is 17.4 Å². The molecule has 0 aliphatic carbocycles. The molecule has 0 amide bonds. The molecule has 3 aromatic rings. The molecule has 186 valence electrons. The summed E-state index contributed by atoms with van der Waals surface area (Å²) in [5.74, 6) is 4.43. The number of aryl methyl sites for hydroxylation is 1. The highest BCUT2D eigenvalue weighted by molar-refractivity contribution is 5.44. The van der Waals surface area contributed by atoms with Crippen LogP contribution in [0.15, 0.2) is 54.6 Å². The lowest BCUT2D eigenvalue weighted by Gasteiger charge is -2.30. The zero-order valence-corrected chi connectivity index (χ0v) is 21.0. The maximum Gasteiger partial charge on any atom is 0.227 e. The Morgan fingerprint density at radius 1 is 1.14 bits per heavy atom. The summed E-state index contributed by atoms with van der Waals surface area (Å²) in [5.41, 5.74) is 2.71. The Morgan fingerprint density at radius 3 is 2.57 bits per heavy atom. The first-order valence-electron chi connectivity index (χ1n) is 11.9. The van der Waals surface area contributed by atoms with Crippen LogP contribution in [-0.4, -0.2) is 58.8 Å². The minimum absolute atomic E-state index is 0.182. The number of aliphatic hydroxyl groups excluding tert-OH is 1. The van der Waals surface area contributed by atoms with Crippen LogP contribution in [0.1, 0.15) is 31.5 Å². The third-order valence-corrected chi connectivity index (χ3v) is 5.91. The Kier molecular flexibility index (Phi) is 9.74. The lowest BCUT2D eigenvalue weighted by atomic mass is 10.1. The Bertz CT molecular complexity index is 1110. The van der Waals surface area contributed by atoms with Crippen LogP contribution in [-0.2, 0) is 11.3 Å². The van der Waals surface area contributed by atoms with E-state index in [4.69, 9.17) is 25.7 Å². The van der Waals surface area contributed by atoms with Crippen LogP contribution in [0.4, 0.5) is 0 Å². The van der Waals surface area contributed by atoms with Crippen LogP contribution in [0.25, 0.3) is 5.69 Å². The van der Waals surface area contributed by atoms with Crippen molar-refractivity contribution in [2.24, 2.45) is 0 Å². The highest BCUT2D eigenvalue weighted by Gasteiger charge is 2.24. The van der Waals surface area contributed by atoms with Crippen molar-refractivity contribution in [3.05, 3.63) is 65.9 Å². The number of hydrogen-bond donors (Lipinski definition) is 1. The van der Waals surface area contributed by atoms with E-state index in [1.807, 2.05) is 66.2 Å². The molecule has 2 atom stereocenters. The number of para-hydroxylation sites is 1. The number of aromatic nitrogens is 2. The number of methoxy groups -OCH3 is 1. The van der Waals surface area contributed by atoms with Gasteiger partial charge in [0.25, 0.3) is 0 Å². The summed E-state index contributed by atoms with van der Waals surface area (Å²) < 4.78 is 19.0. The molecule has 35 heavy (non-hydrogen) atoms. The van der Waals surface area contributed by atoms with Crippen LogP contribution in [0.2, 0.25) is 0 Å². The van der Waals surface area contributed by atoms with Crippen molar-refractivity contribution >= 4 is 0 Å². The average molecular weight is 478 g/mol. The SMILES string of the molecule is C#CCOC[C@H](O)CN(Cc1c(C)nn(-c2ccccc2)c1Oc1cccc(OC)c1)[C@H](C)CC. The zero-order chi connectivity index (χ0) is 25.2. The lowest BCUT2D eigenvalue weighted by molar-refractivity contribution is 0.0168. The molecule has 0 bridgehead atoms. The number of aliphatic hydroxyl groups is 1. The van der Waals surface area contributed by atoms with E-state index in [1.165, 1.54) is 0 Å². The number of benzene rings is 2. The molecule has 0 saturated carbocycles. The second-order valence-electron chi connectivity index (χ2n) is 8.46. The fourth-order valence-electron chi connectivity index (χ4n) is 3.78. The molecule has 3 rings (SSSR count). The van der Waals surface area contributed by atoms with Gasteiger partial charge in [0.15, 0.2) is 0 Å². The third kappa shape index (κ3) is 7.09. The second-order valence-corrected chi connectivity index (χ2v) is 8.46. The van der Waals surface area contributed by atoms with E-state index >= 15 is 0 Å². The quantitative estimate of drug-likeness (QED) is 0.287. The first-order chi connectivity index (χ1) is 17.0. The van der Waals surface area contributed by atoms with Crippen molar-refractivity contribution in [2.45, 2.75) is 45.9 Å². The van der Waals surface area contributed by atoms with Crippen molar-refractivity contribution in [3.8, 4) is 35.4 Å². The molecule has 0 aliphatic heterocycles. The van der Waals surface area contributed by atoms with E-state index in [1.54, 1.807) is 7.11 Å². The van der Waals surface area contributed by atoms with Gasteiger partial charge >= 0.3 is 0 Å². The molecule has 0 fully saturated rings. The van der Waals surface area contributed by atoms with Gasteiger partial charge in [-0.05, 0) is 44.5 Å². The van der Waals surface area contributed by atoms with Gasteiger partial charge in [-0.1, -0.05) is 37.1 Å². The van der Waals surface area contributed by atoms with Crippen molar-refractivity contribution in [3.63, 3.8) is 0 Å². The van der Waals surface area contributed by atoms with E-state index < -0.39 is 6.10 Å². The van der Waals surface area contributed by atoms with E-state index in [-0.39, 0.29) is 19.3 Å². The molecule has 2 aromatic carbocycles. The first kappa shape index (κ1) is 26.3. The van der Waals surface area contributed by atoms with Gasteiger partial charge in [-0.25, -0.2) is 4.68 Å². The van der Waals surface area contributed by atoms with Crippen molar-refractivity contribution in [1.29, 1.82) is 0 Å². The van der Waals surface area contributed by atoms with Crippen molar-refractivity contribution in [2.75, 3.05) is 26.9 Å². The Morgan fingerprint density at radius 2 is 1.89 bits per heavy atom. The lowest BCUT2D eigenvalue weighted by Crippen LogP contribution is -2.40. The van der Waals surface area contributed by atoms with Gasteiger partial charge in [0.2, 0.25) is 5.88 Å². The van der Waals surface area contributed by atoms with Crippen LogP contribution in [0, 0.1) is 19.3 Å². The zero-order valence-electron chi connectivity index (χ0n) is 21.0. The second kappa shape index (κ2) is 13.0. The van der Waals surface area contributed by atoms with Gasteiger partial charge < -0.3 is 19.3 Å². The molecule has 0 radical (unpaired) electrons. The van der Waals surface area contributed by atoms with E-state index in [0.29, 0.717) is 30.5 Å². The normalized spacial score (nSPS) is 12.8. The molecular formula is C28H35N3O4. The smallest absolute Gasteiger partial charge is 0.227 e. The number of ether oxygens (including phenoxy) is 3. The minimum Gasteiger partial charge on any atom is -0.497 e. The fourth-order valence-corrected chi connectivity index (χ4v) is 3.78. The van der Waals surface area contributed by atoms with E-state index in [0.717, 1.165) is 23.4 Å². The highest BCUT2D eigenvalue weighted by atomic mass is 16.5. The summed E-state index contributed by atoms with van der Waals surface area (Å²) in [7, 11) is 1.63. The predicted molar refractivity (Wildman–Crippen MR) is 137 cm³/mol. The summed E-state index contributed by atoms with van der Waals surface area (Å²) in [5, 5.41) is 15.4. The molecule has 7 nitrogen and oxygen atoms in total. The predicted octanol–water partition coefficient (Wildman–Crippen LogP) is 4.59. The Hall–Kier alpha value is -3.31. The number of hydrogen-bond acceptors (Lipinski definition) is 6. The Balaban J connectivity index is 1.97. The number of rotatable bonds is 13. The summed E-state index contributed by atoms with van der Waals surface area (Å²) in [6.07, 6.45) is 5.52. The number of nitrogens with zero attached hydrogens (tertiary/aromatic N) is 3. The van der Waals surface area contributed by atoms with Crippen LogP contribution in [0.3, 0.4) is 0 Å². The van der Waals surface area contributed by atoms with Crippen molar-refractivity contribution in [1.82, 2.24) is 14.7 Å². The summed E-state index contributed by atoms with van der Waals surface area (Å²) in [6.45, 7) is 7.62. The van der Waals surface area contributed by atoms with Gasteiger partial charge in [-0.3, -0.25) is 4.90 Å². The monoisotopic (exact) mass is 477 g/mol. The average Bonchev–Trinajstić information content (AvgIpc) is 3.18. The molecule has 1 aromatic heterocycles. The molecule has 0 unspecified atom stereocenters. The molecule has 7 heteroatoms. The summed E-state index contributed by atoms with van der Waals surface area (Å²) >= 11 is 0. The number of terminal acetylenes is 1. The summed E-state index contributed by atoms with van der Waals surface area (Å²) in [6, 6.07) is 17.6. The fraction of sp³-hybridized carbons (Fsp3) is 0.393. The molecule has 1 N–H and O–H groups in total. The van der Waals surface area contributed by atoms with E-state index in [2.05, 4.69) is 24.7 Å². The topological polar surface area (TPSA) is 69.0 Å². The van der Waals surface area contributed by atoms with Crippen LogP contribution >= 0.6 is 0 Å². The molecule has 0 saturated heterocycles. The first-order valence-corrected chi connectivity index (χ1v) is 11.9. The van der Waals surface area contributed by atoms with Gasteiger partial charge in [-0.15, -0.1) is 6.42 Å². The largest absolute Gasteiger partial charge is 0.497 e. The van der Waals surface area contributed by atoms with Gasteiger partial charge in [0.1, 0.15) is 18.1 Å². The highest BCUT2D eigenvalue weighted by Crippen LogP contribution is 2.33.